The van der Waals surface area contributed by atoms with E-state index < -0.39 is 28.5 Å². The number of nitrogens with one attached hydrogen (secondary N) is 1. The number of sulfonamides is 1. The normalized spacial score (nSPS) is 12.9. The molecule has 2 atom stereocenters. The summed E-state index contributed by atoms with van der Waals surface area (Å²) in [5.74, 6) is 0.148. The van der Waals surface area contributed by atoms with Gasteiger partial charge in [0.1, 0.15) is 24.1 Å². The van der Waals surface area contributed by atoms with Crippen molar-refractivity contribution in [3.63, 3.8) is 0 Å². The van der Waals surface area contributed by atoms with Crippen LogP contribution in [0.15, 0.2) is 42.5 Å². The fraction of sp³-hybridized carbons (Fsp3) is 0.440. The van der Waals surface area contributed by atoms with Crippen molar-refractivity contribution in [2.45, 2.75) is 45.8 Å². The van der Waals surface area contributed by atoms with Crippen molar-refractivity contribution in [2.24, 2.45) is 0 Å². The topological polar surface area (TPSA) is 105 Å². The first kappa shape index (κ1) is 29.3. The Morgan fingerprint density at radius 2 is 1.69 bits per heavy atom. The lowest BCUT2D eigenvalue weighted by atomic mass is 10.1. The highest BCUT2D eigenvalue weighted by Crippen LogP contribution is 2.30. The number of methoxy groups -OCH3 is 2. The zero-order valence-electron chi connectivity index (χ0n) is 21.4. The Hall–Kier alpha value is -2.98. The van der Waals surface area contributed by atoms with Gasteiger partial charge in [-0.1, -0.05) is 30.7 Å². The molecule has 11 heteroatoms. The summed E-state index contributed by atoms with van der Waals surface area (Å²) in [6.07, 6.45) is 1.73. The molecule has 0 heterocycles. The number of benzene rings is 2. The predicted molar refractivity (Wildman–Crippen MR) is 141 cm³/mol. The number of anilines is 1. The van der Waals surface area contributed by atoms with E-state index in [1.54, 1.807) is 38.3 Å². The highest BCUT2D eigenvalue weighted by atomic mass is 35.5. The van der Waals surface area contributed by atoms with Crippen LogP contribution in [-0.4, -0.2) is 64.2 Å². The van der Waals surface area contributed by atoms with Crippen molar-refractivity contribution in [3.8, 4) is 11.5 Å². The van der Waals surface area contributed by atoms with E-state index in [1.807, 2.05) is 13.8 Å². The lowest BCUT2D eigenvalue weighted by molar-refractivity contribution is -0.139. The molecule has 2 aromatic carbocycles. The molecule has 0 aliphatic rings. The SMILES string of the molecule is CC[C@@H](C)NC(=O)[C@H](C)N(Cc1ccc(OC)cc1)C(=O)CN(c1ccc(OC)c(Cl)c1)S(C)(=O)=O. The number of hydrogen-bond donors (Lipinski definition) is 1. The van der Waals surface area contributed by atoms with Crippen LogP contribution in [0.25, 0.3) is 0 Å². The van der Waals surface area contributed by atoms with Crippen LogP contribution in [0, 0.1) is 0 Å². The Bertz CT molecular complexity index is 1160. The van der Waals surface area contributed by atoms with Gasteiger partial charge in [-0.05, 0) is 56.2 Å². The van der Waals surface area contributed by atoms with Gasteiger partial charge in [-0.15, -0.1) is 0 Å². The molecule has 198 valence electrons. The number of halogens is 1. The van der Waals surface area contributed by atoms with Crippen LogP contribution in [0.2, 0.25) is 5.02 Å². The zero-order chi connectivity index (χ0) is 27.0. The number of hydrogen-bond acceptors (Lipinski definition) is 6. The molecule has 0 aliphatic carbocycles. The van der Waals surface area contributed by atoms with Crippen LogP contribution < -0.4 is 19.1 Å². The van der Waals surface area contributed by atoms with E-state index in [0.29, 0.717) is 11.5 Å². The molecule has 0 aliphatic heterocycles. The maximum absolute atomic E-state index is 13.6. The van der Waals surface area contributed by atoms with Crippen LogP contribution in [0.3, 0.4) is 0 Å². The number of carbonyl (C=O) groups is 2. The summed E-state index contributed by atoms with van der Waals surface area (Å²) in [5, 5.41) is 3.09. The number of ether oxygens (including phenoxy) is 2. The predicted octanol–water partition coefficient (Wildman–Crippen LogP) is 3.46. The van der Waals surface area contributed by atoms with E-state index in [0.717, 1.165) is 22.5 Å². The van der Waals surface area contributed by atoms with Gasteiger partial charge in [0.05, 0.1) is 31.2 Å². The minimum Gasteiger partial charge on any atom is -0.497 e. The molecule has 0 saturated heterocycles. The molecule has 1 N–H and O–H groups in total. The van der Waals surface area contributed by atoms with Gasteiger partial charge in [-0.3, -0.25) is 13.9 Å². The first-order valence-corrected chi connectivity index (χ1v) is 13.7. The smallest absolute Gasteiger partial charge is 0.244 e. The van der Waals surface area contributed by atoms with Gasteiger partial charge in [0.15, 0.2) is 0 Å². The highest BCUT2D eigenvalue weighted by Gasteiger charge is 2.30. The Balaban J connectivity index is 2.41. The number of rotatable bonds is 12. The monoisotopic (exact) mass is 539 g/mol. The second-order valence-electron chi connectivity index (χ2n) is 8.45. The van der Waals surface area contributed by atoms with Crippen LogP contribution >= 0.6 is 11.6 Å². The van der Waals surface area contributed by atoms with Crippen molar-refractivity contribution >= 4 is 39.1 Å². The summed E-state index contributed by atoms with van der Waals surface area (Å²) in [6, 6.07) is 10.6. The molecule has 0 aromatic heterocycles. The molecular weight excluding hydrogens is 506 g/mol. The molecule has 0 unspecified atom stereocenters. The Morgan fingerprint density at radius 1 is 1.06 bits per heavy atom. The van der Waals surface area contributed by atoms with Crippen LogP contribution in [-0.2, 0) is 26.2 Å². The lowest BCUT2D eigenvalue weighted by Crippen LogP contribution is -2.52. The summed E-state index contributed by atoms with van der Waals surface area (Å²) >= 11 is 6.20. The number of nitrogens with zero attached hydrogens (tertiary/aromatic N) is 2. The van der Waals surface area contributed by atoms with Crippen LogP contribution in [0.5, 0.6) is 11.5 Å². The molecular formula is C25H34ClN3O6S. The second kappa shape index (κ2) is 12.8. The van der Waals surface area contributed by atoms with Gasteiger partial charge in [-0.2, -0.15) is 0 Å². The van der Waals surface area contributed by atoms with E-state index in [9.17, 15) is 18.0 Å². The first-order valence-electron chi connectivity index (χ1n) is 11.4. The van der Waals surface area contributed by atoms with Crippen LogP contribution in [0.1, 0.15) is 32.8 Å². The Labute approximate surface area is 218 Å². The highest BCUT2D eigenvalue weighted by molar-refractivity contribution is 7.92. The van der Waals surface area contributed by atoms with Crippen molar-refractivity contribution in [2.75, 3.05) is 31.3 Å². The molecule has 2 aromatic rings. The van der Waals surface area contributed by atoms with Crippen molar-refractivity contribution in [1.82, 2.24) is 10.2 Å². The van der Waals surface area contributed by atoms with Crippen molar-refractivity contribution in [3.05, 3.63) is 53.1 Å². The average Bonchev–Trinajstić information content (AvgIpc) is 2.84. The van der Waals surface area contributed by atoms with Crippen LogP contribution in [0.4, 0.5) is 5.69 Å². The molecule has 0 radical (unpaired) electrons. The molecule has 2 rings (SSSR count). The van der Waals surface area contributed by atoms with Gasteiger partial charge in [-0.25, -0.2) is 8.42 Å². The van der Waals surface area contributed by atoms with Crippen molar-refractivity contribution in [1.29, 1.82) is 0 Å². The second-order valence-corrected chi connectivity index (χ2v) is 10.8. The summed E-state index contributed by atoms with van der Waals surface area (Å²) in [5.41, 5.74) is 0.962. The number of amides is 2. The third-order valence-corrected chi connectivity index (χ3v) is 7.22. The summed E-state index contributed by atoms with van der Waals surface area (Å²) in [4.78, 5) is 27.9. The molecule has 0 fully saturated rings. The van der Waals surface area contributed by atoms with Gasteiger partial charge in [0.2, 0.25) is 21.8 Å². The minimum absolute atomic E-state index is 0.0770. The van der Waals surface area contributed by atoms with E-state index in [4.69, 9.17) is 21.1 Å². The third-order valence-electron chi connectivity index (χ3n) is 5.78. The molecule has 2 amide bonds. The Morgan fingerprint density at radius 3 is 2.19 bits per heavy atom. The minimum atomic E-state index is -3.86. The molecule has 9 nitrogen and oxygen atoms in total. The van der Waals surface area contributed by atoms with Gasteiger partial charge in [0.25, 0.3) is 0 Å². The molecule has 36 heavy (non-hydrogen) atoms. The van der Waals surface area contributed by atoms with E-state index in [-0.39, 0.29) is 29.2 Å². The van der Waals surface area contributed by atoms with E-state index in [2.05, 4.69) is 5.32 Å². The zero-order valence-corrected chi connectivity index (χ0v) is 23.0. The molecule has 0 spiro atoms. The van der Waals surface area contributed by atoms with Gasteiger partial charge < -0.3 is 19.7 Å². The van der Waals surface area contributed by atoms with Gasteiger partial charge >= 0.3 is 0 Å². The summed E-state index contributed by atoms with van der Waals surface area (Å²) in [6.45, 7) is 5.02. The first-order chi connectivity index (χ1) is 16.9. The standard InChI is InChI=1S/C25H34ClN3O6S/c1-7-17(2)27-25(31)18(3)28(15-19-8-11-21(34-4)12-9-19)24(30)16-29(36(6,32)33)20-10-13-23(35-5)22(26)14-20/h8-14,17-18H,7,15-16H2,1-6H3,(H,27,31)/t17-,18+/m1/s1. The molecule has 0 saturated carbocycles. The third kappa shape index (κ3) is 7.76. The average molecular weight is 540 g/mol. The fourth-order valence-corrected chi connectivity index (χ4v) is 4.49. The largest absolute Gasteiger partial charge is 0.497 e. The summed E-state index contributed by atoms with van der Waals surface area (Å²) < 4.78 is 36.6. The summed E-state index contributed by atoms with van der Waals surface area (Å²) in [7, 11) is -0.865. The quantitative estimate of drug-likeness (QED) is 0.443. The Kier molecular flexibility index (Phi) is 10.4. The maximum atomic E-state index is 13.6. The lowest BCUT2D eigenvalue weighted by Gasteiger charge is -2.32. The van der Waals surface area contributed by atoms with Crippen molar-refractivity contribution < 1.29 is 27.5 Å². The van der Waals surface area contributed by atoms with E-state index >= 15 is 0 Å². The van der Waals surface area contributed by atoms with Gasteiger partial charge in [0, 0.05) is 12.6 Å². The number of carbonyl (C=O) groups excluding carboxylic acids is 2. The molecule has 0 bridgehead atoms. The fourth-order valence-electron chi connectivity index (χ4n) is 3.40. The maximum Gasteiger partial charge on any atom is 0.244 e. The van der Waals surface area contributed by atoms with E-state index in [1.165, 1.54) is 30.2 Å².